The molecular formula is C12H14N4O2S. The molecular weight excluding hydrogens is 264 g/mol. The maximum Gasteiger partial charge on any atom is 0.233 e. The molecule has 0 saturated heterocycles. The molecule has 2 aromatic heterocycles. The highest BCUT2D eigenvalue weighted by Gasteiger charge is 2.11. The maximum atomic E-state index is 11.9. The number of pyridine rings is 2. The maximum absolute atomic E-state index is 11.9. The van der Waals surface area contributed by atoms with Crippen LogP contribution in [0.5, 0.6) is 0 Å². The van der Waals surface area contributed by atoms with Crippen molar-refractivity contribution in [1.82, 2.24) is 9.97 Å². The van der Waals surface area contributed by atoms with Crippen molar-refractivity contribution < 1.29 is 8.42 Å². The molecule has 0 aliphatic carbocycles. The van der Waals surface area contributed by atoms with Crippen molar-refractivity contribution >= 4 is 21.5 Å². The summed E-state index contributed by atoms with van der Waals surface area (Å²) < 4.78 is 26.2. The molecule has 6 nitrogen and oxygen atoms in total. The topological polar surface area (TPSA) is 98.0 Å². The molecule has 7 heteroatoms. The second kappa shape index (κ2) is 5.66. The Balaban J connectivity index is 1.97. The van der Waals surface area contributed by atoms with Gasteiger partial charge >= 0.3 is 0 Å². The van der Waals surface area contributed by atoms with Gasteiger partial charge in [-0.1, -0.05) is 6.07 Å². The third-order valence-corrected chi connectivity index (χ3v) is 3.70. The number of nitrogens with two attached hydrogens (primary N) is 1. The van der Waals surface area contributed by atoms with Crippen LogP contribution in [-0.2, 0) is 16.4 Å². The van der Waals surface area contributed by atoms with Crippen molar-refractivity contribution in [3.05, 3.63) is 48.4 Å². The van der Waals surface area contributed by atoms with Gasteiger partial charge in [0, 0.05) is 18.3 Å². The molecule has 3 N–H and O–H groups in total. The lowest BCUT2D eigenvalue weighted by Gasteiger charge is -2.07. The van der Waals surface area contributed by atoms with Gasteiger partial charge in [0.2, 0.25) is 10.0 Å². The van der Waals surface area contributed by atoms with Crippen LogP contribution < -0.4 is 10.5 Å². The van der Waals surface area contributed by atoms with Gasteiger partial charge in [-0.25, -0.2) is 13.4 Å². The number of hydrogen-bond acceptors (Lipinski definition) is 5. The molecule has 0 radical (unpaired) electrons. The van der Waals surface area contributed by atoms with E-state index < -0.39 is 10.0 Å². The van der Waals surface area contributed by atoms with E-state index in [4.69, 9.17) is 5.73 Å². The van der Waals surface area contributed by atoms with Crippen molar-refractivity contribution in [2.45, 2.75) is 6.42 Å². The molecule has 2 heterocycles. The third kappa shape index (κ3) is 4.22. The SMILES string of the molecule is Nc1ccc(NS(=O)(=O)CCc2ccccn2)cn1. The van der Waals surface area contributed by atoms with Crippen LogP contribution >= 0.6 is 0 Å². The van der Waals surface area contributed by atoms with Crippen molar-refractivity contribution in [3.8, 4) is 0 Å². The normalized spacial score (nSPS) is 11.2. The Labute approximate surface area is 111 Å². The largest absolute Gasteiger partial charge is 0.384 e. The summed E-state index contributed by atoms with van der Waals surface area (Å²) in [5.74, 6) is 0.311. The molecule has 0 spiro atoms. The van der Waals surface area contributed by atoms with E-state index in [1.807, 2.05) is 6.07 Å². The Bertz CT molecular complexity index is 627. The van der Waals surface area contributed by atoms with E-state index in [1.54, 1.807) is 24.4 Å². The first-order chi connectivity index (χ1) is 9.05. The van der Waals surface area contributed by atoms with Crippen LogP contribution in [0, 0.1) is 0 Å². The zero-order valence-corrected chi connectivity index (χ0v) is 11.0. The van der Waals surface area contributed by atoms with Gasteiger partial charge in [-0.05, 0) is 24.3 Å². The first kappa shape index (κ1) is 13.3. The van der Waals surface area contributed by atoms with Crippen LogP contribution in [0.4, 0.5) is 11.5 Å². The Morgan fingerprint density at radius 3 is 2.63 bits per heavy atom. The average Bonchev–Trinajstić information content (AvgIpc) is 2.40. The van der Waals surface area contributed by atoms with Crippen molar-refractivity contribution in [2.75, 3.05) is 16.2 Å². The van der Waals surface area contributed by atoms with Crippen LogP contribution in [0.15, 0.2) is 42.7 Å². The summed E-state index contributed by atoms with van der Waals surface area (Å²) in [6.45, 7) is 0. The minimum absolute atomic E-state index is 0.0333. The van der Waals surface area contributed by atoms with Crippen molar-refractivity contribution in [1.29, 1.82) is 0 Å². The number of rotatable bonds is 5. The highest BCUT2D eigenvalue weighted by molar-refractivity contribution is 7.92. The van der Waals surface area contributed by atoms with Crippen LogP contribution in [-0.4, -0.2) is 24.1 Å². The molecule has 2 rings (SSSR count). The van der Waals surface area contributed by atoms with Gasteiger partial charge in [0.25, 0.3) is 0 Å². The van der Waals surface area contributed by atoms with Crippen LogP contribution in [0.3, 0.4) is 0 Å². The van der Waals surface area contributed by atoms with Gasteiger partial charge in [0.15, 0.2) is 0 Å². The fourth-order valence-corrected chi connectivity index (χ4v) is 2.54. The Kier molecular flexibility index (Phi) is 3.96. The second-order valence-corrected chi connectivity index (χ2v) is 5.81. The van der Waals surface area contributed by atoms with Crippen molar-refractivity contribution in [2.24, 2.45) is 0 Å². The van der Waals surface area contributed by atoms with E-state index in [0.29, 0.717) is 17.9 Å². The number of anilines is 2. The Morgan fingerprint density at radius 1 is 1.16 bits per heavy atom. The molecule has 19 heavy (non-hydrogen) atoms. The molecule has 0 fully saturated rings. The van der Waals surface area contributed by atoms with Crippen LogP contribution in [0.1, 0.15) is 5.69 Å². The molecule has 0 amide bonds. The first-order valence-electron chi connectivity index (χ1n) is 5.67. The minimum Gasteiger partial charge on any atom is -0.384 e. The molecule has 0 aromatic carbocycles. The molecule has 100 valence electrons. The zero-order chi connectivity index (χ0) is 13.7. The molecule has 2 aromatic rings. The summed E-state index contributed by atoms with van der Waals surface area (Å²) in [5, 5.41) is 0. The predicted molar refractivity (Wildman–Crippen MR) is 74.0 cm³/mol. The lowest BCUT2D eigenvalue weighted by Crippen LogP contribution is -2.18. The van der Waals surface area contributed by atoms with Gasteiger partial charge in [-0.2, -0.15) is 0 Å². The third-order valence-electron chi connectivity index (χ3n) is 2.41. The summed E-state index contributed by atoms with van der Waals surface area (Å²) >= 11 is 0. The summed E-state index contributed by atoms with van der Waals surface area (Å²) in [7, 11) is -3.42. The van der Waals surface area contributed by atoms with Gasteiger partial charge in [-0.15, -0.1) is 0 Å². The molecule has 0 unspecified atom stereocenters. The van der Waals surface area contributed by atoms with Gasteiger partial charge < -0.3 is 5.73 Å². The fraction of sp³-hybridized carbons (Fsp3) is 0.167. The van der Waals surface area contributed by atoms with E-state index >= 15 is 0 Å². The number of sulfonamides is 1. The number of hydrogen-bond donors (Lipinski definition) is 2. The highest BCUT2D eigenvalue weighted by Crippen LogP contribution is 2.10. The number of nitrogens with one attached hydrogen (secondary N) is 1. The lowest BCUT2D eigenvalue weighted by atomic mass is 10.3. The summed E-state index contributed by atoms with van der Waals surface area (Å²) in [4.78, 5) is 7.90. The van der Waals surface area contributed by atoms with E-state index in [2.05, 4.69) is 14.7 Å². The Morgan fingerprint density at radius 2 is 2.00 bits per heavy atom. The number of aryl methyl sites for hydroxylation is 1. The average molecular weight is 278 g/mol. The Hall–Kier alpha value is -2.15. The standard InChI is InChI=1S/C12H14N4O2S/c13-12-5-4-11(9-15-12)16-19(17,18)8-6-10-3-1-2-7-14-10/h1-5,7,9,16H,6,8H2,(H2,13,15). The van der Waals surface area contributed by atoms with E-state index in [0.717, 1.165) is 5.69 Å². The van der Waals surface area contributed by atoms with Crippen LogP contribution in [0.25, 0.3) is 0 Å². The number of aromatic nitrogens is 2. The predicted octanol–water partition coefficient (Wildman–Crippen LogP) is 1.04. The van der Waals surface area contributed by atoms with Crippen molar-refractivity contribution in [3.63, 3.8) is 0 Å². The van der Waals surface area contributed by atoms with E-state index in [9.17, 15) is 8.42 Å². The second-order valence-electron chi connectivity index (χ2n) is 3.96. The van der Waals surface area contributed by atoms with E-state index in [1.165, 1.54) is 12.3 Å². The molecule has 0 bridgehead atoms. The quantitative estimate of drug-likeness (QED) is 0.851. The number of nitrogen functional groups attached to an aromatic ring is 1. The molecule has 0 atom stereocenters. The summed E-state index contributed by atoms with van der Waals surface area (Å²) in [6.07, 6.45) is 3.38. The first-order valence-corrected chi connectivity index (χ1v) is 7.32. The minimum atomic E-state index is -3.42. The summed E-state index contributed by atoms with van der Waals surface area (Å²) in [5.41, 5.74) is 6.57. The van der Waals surface area contributed by atoms with Gasteiger partial charge in [0.05, 0.1) is 17.6 Å². The monoisotopic (exact) mass is 278 g/mol. The molecule has 0 aliphatic heterocycles. The van der Waals surface area contributed by atoms with Gasteiger partial charge in [0.1, 0.15) is 5.82 Å². The lowest BCUT2D eigenvalue weighted by molar-refractivity contribution is 0.600. The fourth-order valence-electron chi connectivity index (χ4n) is 1.48. The van der Waals surface area contributed by atoms with E-state index in [-0.39, 0.29) is 5.75 Å². The summed E-state index contributed by atoms with van der Waals surface area (Å²) in [6, 6.07) is 8.51. The smallest absolute Gasteiger partial charge is 0.233 e. The van der Waals surface area contributed by atoms with Crippen LogP contribution in [0.2, 0.25) is 0 Å². The van der Waals surface area contributed by atoms with Gasteiger partial charge in [-0.3, -0.25) is 9.71 Å². The number of nitrogens with zero attached hydrogens (tertiary/aromatic N) is 2. The molecule has 0 saturated carbocycles. The zero-order valence-electron chi connectivity index (χ0n) is 10.2. The highest BCUT2D eigenvalue weighted by atomic mass is 32.2. The molecule has 0 aliphatic rings.